The lowest BCUT2D eigenvalue weighted by molar-refractivity contribution is 0.144. The molecule has 0 heterocycles. The molecule has 0 fully saturated rings. The zero-order chi connectivity index (χ0) is 20.8. The van der Waals surface area contributed by atoms with Crippen molar-refractivity contribution in [2.24, 2.45) is 4.99 Å². The number of fused-ring (bicyclic) bond motifs is 3. The van der Waals surface area contributed by atoms with Gasteiger partial charge in [-0.05, 0) is 40.5 Å². The number of hydrogen-bond acceptors (Lipinski definition) is 4. The van der Waals surface area contributed by atoms with Gasteiger partial charge in [0, 0.05) is 11.5 Å². The van der Waals surface area contributed by atoms with E-state index < -0.39 is 6.09 Å². The summed E-state index contributed by atoms with van der Waals surface area (Å²) in [4.78, 5) is 26.0. The molecule has 146 valence electrons. The Morgan fingerprint density at radius 3 is 2.37 bits per heavy atom. The molecule has 0 atom stereocenters. The molecule has 0 bridgehead atoms. The quantitative estimate of drug-likeness (QED) is 0.401. The topological polar surface area (TPSA) is 67.8 Å². The first-order valence-electron chi connectivity index (χ1n) is 9.52. The van der Waals surface area contributed by atoms with Gasteiger partial charge in [-0.15, -0.1) is 0 Å². The van der Waals surface area contributed by atoms with Crippen LogP contribution in [-0.2, 0) is 9.53 Å². The third kappa shape index (κ3) is 4.15. The van der Waals surface area contributed by atoms with E-state index in [-0.39, 0.29) is 19.1 Å². The van der Waals surface area contributed by atoms with Crippen LogP contribution in [0.2, 0.25) is 0 Å². The average molecular weight is 394 g/mol. The minimum absolute atomic E-state index is 0.0235. The summed E-state index contributed by atoms with van der Waals surface area (Å²) in [7, 11) is 0. The second kappa shape index (κ2) is 8.91. The monoisotopic (exact) mass is 394 g/mol. The number of rotatable bonds is 4. The number of carbonyl (C=O) groups excluding carboxylic acids is 2. The summed E-state index contributed by atoms with van der Waals surface area (Å²) in [5, 5.41) is 2.64. The fourth-order valence-electron chi connectivity index (χ4n) is 3.62. The number of benzene rings is 3. The van der Waals surface area contributed by atoms with Crippen LogP contribution in [0.15, 0.2) is 77.8 Å². The Hall–Kier alpha value is -4.13. The molecule has 1 amide bonds. The minimum atomic E-state index is -0.509. The third-order valence-electron chi connectivity index (χ3n) is 4.92. The third-order valence-corrected chi connectivity index (χ3v) is 4.92. The lowest BCUT2D eigenvalue weighted by Gasteiger charge is -2.14. The molecule has 5 heteroatoms. The standard InChI is InChI=1S/C25H18N2O3/c28-17-27-19-9-5-7-18(15-19)8-6-14-26-25(29)30-16-24-22-12-3-1-10-20(22)21-11-2-4-13-23(21)24/h1-5,7,9-13,15,24H,14,16H2,(H,26,29). The molecule has 3 aromatic carbocycles. The van der Waals surface area contributed by atoms with E-state index in [0.29, 0.717) is 11.3 Å². The number of amides is 1. The Balaban J connectivity index is 1.34. The normalized spacial score (nSPS) is 11.3. The van der Waals surface area contributed by atoms with Gasteiger partial charge in [-0.2, -0.15) is 4.99 Å². The molecule has 0 radical (unpaired) electrons. The highest BCUT2D eigenvalue weighted by Crippen LogP contribution is 2.44. The van der Waals surface area contributed by atoms with E-state index in [1.165, 1.54) is 28.3 Å². The fraction of sp³-hybridized carbons (Fsp3) is 0.120. The highest BCUT2D eigenvalue weighted by molar-refractivity contribution is 5.79. The molecule has 0 aliphatic heterocycles. The van der Waals surface area contributed by atoms with Crippen LogP contribution in [0.5, 0.6) is 0 Å². The molecule has 3 aromatic rings. The van der Waals surface area contributed by atoms with Crippen molar-refractivity contribution >= 4 is 17.9 Å². The summed E-state index contributed by atoms with van der Waals surface area (Å²) in [6, 6.07) is 23.3. The van der Waals surface area contributed by atoms with Crippen molar-refractivity contribution in [3.8, 4) is 23.0 Å². The summed E-state index contributed by atoms with van der Waals surface area (Å²) >= 11 is 0. The highest BCUT2D eigenvalue weighted by Gasteiger charge is 2.28. The molecule has 0 spiro atoms. The highest BCUT2D eigenvalue weighted by atomic mass is 16.5. The number of nitrogens with one attached hydrogen (secondary N) is 1. The SMILES string of the molecule is O=C=Nc1cccc(C#CCNC(=O)OCC2c3ccccc3-c3ccccc32)c1. The van der Waals surface area contributed by atoms with E-state index in [1.807, 2.05) is 24.3 Å². The van der Waals surface area contributed by atoms with E-state index in [2.05, 4.69) is 46.4 Å². The van der Waals surface area contributed by atoms with E-state index in [4.69, 9.17) is 4.74 Å². The van der Waals surface area contributed by atoms with Crippen molar-refractivity contribution in [1.82, 2.24) is 5.32 Å². The van der Waals surface area contributed by atoms with Gasteiger partial charge in [0.1, 0.15) is 6.61 Å². The maximum absolute atomic E-state index is 12.1. The van der Waals surface area contributed by atoms with Crippen LogP contribution >= 0.6 is 0 Å². The van der Waals surface area contributed by atoms with Gasteiger partial charge in [0.25, 0.3) is 0 Å². The largest absolute Gasteiger partial charge is 0.449 e. The van der Waals surface area contributed by atoms with Crippen LogP contribution in [0.25, 0.3) is 11.1 Å². The first kappa shape index (κ1) is 19.2. The van der Waals surface area contributed by atoms with Crippen molar-refractivity contribution in [3.63, 3.8) is 0 Å². The Morgan fingerprint density at radius 1 is 0.967 bits per heavy atom. The number of ether oxygens (including phenoxy) is 1. The van der Waals surface area contributed by atoms with Gasteiger partial charge in [0.05, 0.1) is 12.2 Å². The summed E-state index contributed by atoms with van der Waals surface area (Å²) in [5.41, 5.74) is 5.90. The number of hydrogen-bond donors (Lipinski definition) is 1. The molecule has 0 aromatic heterocycles. The second-order valence-electron chi connectivity index (χ2n) is 6.73. The summed E-state index contributed by atoms with van der Waals surface area (Å²) in [5.74, 6) is 5.79. The van der Waals surface area contributed by atoms with Crippen molar-refractivity contribution in [1.29, 1.82) is 0 Å². The molecule has 0 saturated heterocycles. The fourth-order valence-corrected chi connectivity index (χ4v) is 3.62. The van der Waals surface area contributed by atoms with E-state index >= 15 is 0 Å². The Labute approximate surface area is 174 Å². The average Bonchev–Trinajstić information content (AvgIpc) is 3.10. The zero-order valence-electron chi connectivity index (χ0n) is 16.1. The minimum Gasteiger partial charge on any atom is -0.449 e. The Morgan fingerprint density at radius 2 is 1.67 bits per heavy atom. The van der Waals surface area contributed by atoms with Gasteiger partial charge < -0.3 is 10.1 Å². The molecule has 1 aliphatic rings. The van der Waals surface area contributed by atoms with Gasteiger partial charge in [0.15, 0.2) is 0 Å². The van der Waals surface area contributed by atoms with Crippen molar-refractivity contribution in [2.45, 2.75) is 5.92 Å². The molecular weight excluding hydrogens is 376 g/mol. The van der Waals surface area contributed by atoms with Crippen LogP contribution in [-0.4, -0.2) is 25.3 Å². The molecule has 1 aliphatic carbocycles. The Kier molecular flexibility index (Phi) is 5.70. The van der Waals surface area contributed by atoms with Gasteiger partial charge in [0.2, 0.25) is 6.08 Å². The Bertz CT molecular complexity index is 1150. The molecule has 5 nitrogen and oxygen atoms in total. The van der Waals surface area contributed by atoms with Crippen LogP contribution in [0.1, 0.15) is 22.6 Å². The van der Waals surface area contributed by atoms with Gasteiger partial charge in [-0.3, -0.25) is 0 Å². The number of alkyl carbamates (subject to hydrolysis) is 1. The zero-order valence-corrected chi connectivity index (χ0v) is 16.1. The molecule has 0 saturated carbocycles. The summed E-state index contributed by atoms with van der Waals surface area (Å²) in [6.45, 7) is 0.414. The predicted molar refractivity (Wildman–Crippen MR) is 114 cm³/mol. The second-order valence-corrected chi connectivity index (χ2v) is 6.73. The first-order valence-corrected chi connectivity index (χ1v) is 9.52. The van der Waals surface area contributed by atoms with E-state index in [1.54, 1.807) is 24.3 Å². The van der Waals surface area contributed by atoms with Crippen molar-refractivity contribution in [3.05, 3.63) is 89.5 Å². The molecule has 1 N–H and O–H groups in total. The molecular formula is C25H18N2O3. The van der Waals surface area contributed by atoms with E-state index in [0.717, 1.165) is 0 Å². The molecule has 4 rings (SSSR count). The smallest absolute Gasteiger partial charge is 0.407 e. The molecule has 0 unspecified atom stereocenters. The maximum atomic E-state index is 12.1. The number of carbonyl (C=O) groups is 1. The number of nitrogens with zero attached hydrogens (tertiary/aromatic N) is 1. The summed E-state index contributed by atoms with van der Waals surface area (Å²) in [6.07, 6.45) is 0.987. The predicted octanol–water partition coefficient (Wildman–Crippen LogP) is 4.54. The lowest BCUT2D eigenvalue weighted by Crippen LogP contribution is -2.26. The maximum Gasteiger partial charge on any atom is 0.407 e. The van der Waals surface area contributed by atoms with E-state index in [9.17, 15) is 9.59 Å². The lowest BCUT2D eigenvalue weighted by atomic mass is 9.98. The van der Waals surface area contributed by atoms with Gasteiger partial charge in [-0.25, -0.2) is 9.59 Å². The number of aliphatic imine (C=N–C) groups is 1. The van der Waals surface area contributed by atoms with Crippen molar-refractivity contribution in [2.75, 3.05) is 13.2 Å². The van der Waals surface area contributed by atoms with Crippen LogP contribution in [0.3, 0.4) is 0 Å². The van der Waals surface area contributed by atoms with Crippen LogP contribution in [0.4, 0.5) is 10.5 Å². The molecule has 30 heavy (non-hydrogen) atoms. The first-order chi connectivity index (χ1) is 14.8. The summed E-state index contributed by atoms with van der Waals surface area (Å²) < 4.78 is 5.47. The van der Waals surface area contributed by atoms with Crippen LogP contribution < -0.4 is 5.32 Å². The van der Waals surface area contributed by atoms with Crippen molar-refractivity contribution < 1.29 is 14.3 Å². The van der Waals surface area contributed by atoms with Gasteiger partial charge in [-0.1, -0.05) is 66.4 Å². The number of isocyanates is 1. The van der Waals surface area contributed by atoms with Crippen LogP contribution in [0, 0.1) is 11.8 Å². The van der Waals surface area contributed by atoms with Gasteiger partial charge >= 0.3 is 6.09 Å².